The van der Waals surface area contributed by atoms with Gasteiger partial charge < -0.3 is 10.6 Å². The van der Waals surface area contributed by atoms with Gasteiger partial charge in [0.15, 0.2) is 9.84 Å². The van der Waals surface area contributed by atoms with Crippen LogP contribution >= 0.6 is 0 Å². The van der Waals surface area contributed by atoms with E-state index in [4.69, 9.17) is 5.73 Å². The minimum Gasteiger partial charge on any atom is -0.398 e. The summed E-state index contributed by atoms with van der Waals surface area (Å²) >= 11 is 0. The average molecular weight is 282 g/mol. The summed E-state index contributed by atoms with van der Waals surface area (Å²) in [7, 11) is -3.22. The van der Waals surface area contributed by atoms with Crippen LogP contribution in [0.15, 0.2) is 23.1 Å². The number of rotatable bonds is 4. The average Bonchev–Trinajstić information content (AvgIpc) is 2.36. The van der Waals surface area contributed by atoms with Crippen molar-refractivity contribution in [1.29, 1.82) is 0 Å². The second-order valence-electron chi connectivity index (χ2n) is 5.30. The number of hydrogen-bond donors (Lipinski definition) is 1. The zero-order chi connectivity index (χ0) is 13.9. The number of nitrogens with zero attached hydrogens (tertiary/aromatic N) is 1. The monoisotopic (exact) mass is 282 g/mol. The molecule has 1 aromatic rings. The molecule has 1 fully saturated rings. The van der Waals surface area contributed by atoms with E-state index < -0.39 is 9.84 Å². The SMILES string of the molecule is CS(=O)(=O)c1ccc(CCN2CCCCC2)cc1N. The van der Waals surface area contributed by atoms with Crippen LogP contribution < -0.4 is 5.73 Å². The van der Waals surface area contributed by atoms with Gasteiger partial charge in [-0.25, -0.2) is 8.42 Å². The molecule has 0 saturated carbocycles. The summed E-state index contributed by atoms with van der Waals surface area (Å²) in [6.45, 7) is 3.38. The highest BCUT2D eigenvalue weighted by Crippen LogP contribution is 2.20. The van der Waals surface area contributed by atoms with Gasteiger partial charge in [-0.2, -0.15) is 0 Å². The van der Waals surface area contributed by atoms with Gasteiger partial charge in [0.1, 0.15) is 0 Å². The molecule has 0 aliphatic carbocycles. The van der Waals surface area contributed by atoms with Gasteiger partial charge in [-0.15, -0.1) is 0 Å². The third kappa shape index (κ3) is 3.94. The van der Waals surface area contributed by atoms with Crippen molar-refractivity contribution in [2.45, 2.75) is 30.6 Å². The summed E-state index contributed by atoms with van der Waals surface area (Å²) in [6, 6.07) is 5.28. The van der Waals surface area contributed by atoms with Crippen molar-refractivity contribution < 1.29 is 8.42 Å². The Labute approximate surface area is 115 Å². The van der Waals surface area contributed by atoms with Crippen molar-refractivity contribution in [3.05, 3.63) is 23.8 Å². The van der Waals surface area contributed by atoms with Gasteiger partial charge in [-0.1, -0.05) is 12.5 Å². The van der Waals surface area contributed by atoms with Crippen LogP contribution in [0.25, 0.3) is 0 Å². The number of nitrogen functional groups attached to an aromatic ring is 1. The molecule has 1 aromatic carbocycles. The maximum Gasteiger partial charge on any atom is 0.177 e. The Morgan fingerprint density at radius 3 is 2.47 bits per heavy atom. The number of nitrogens with two attached hydrogens (primary N) is 1. The number of benzene rings is 1. The molecule has 1 aliphatic rings. The predicted octanol–water partition coefficient (Wildman–Crippen LogP) is 1.70. The Balaban J connectivity index is 2.00. The van der Waals surface area contributed by atoms with Crippen molar-refractivity contribution in [3.63, 3.8) is 0 Å². The van der Waals surface area contributed by atoms with E-state index in [1.54, 1.807) is 12.1 Å². The van der Waals surface area contributed by atoms with Crippen LogP contribution in [0, 0.1) is 0 Å². The molecule has 106 valence electrons. The van der Waals surface area contributed by atoms with E-state index in [1.165, 1.54) is 38.6 Å². The Morgan fingerprint density at radius 1 is 1.21 bits per heavy atom. The highest BCUT2D eigenvalue weighted by Gasteiger charge is 2.13. The van der Waals surface area contributed by atoms with Crippen LogP contribution in [-0.4, -0.2) is 39.2 Å². The lowest BCUT2D eigenvalue weighted by molar-refractivity contribution is 0.231. The lowest BCUT2D eigenvalue weighted by Gasteiger charge is -2.26. The summed E-state index contributed by atoms with van der Waals surface area (Å²) in [6.07, 6.45) is 6.02. The quantitative estimate of drug-likeness (QED) is 0.854. The number of piperidine rings is 1. The summed E-state index contributed by atoms with van der Waals surface area (Å²) < 4.78 is 23.0. The second-order valence-corrected chi connectivity index (χ2v) is 7.28. The zero-order valence-corrected chi connectivity index (χ0v) is 12.2. The molecule has 4 nitrogen and oxygen atoms in total. The minimum atomic E-state index is -3.22. The topological polar surface area (TPSA) is 63.4 Å². The molecule has 19 heavy (non-hydrogen) atoms. The van der Waals surface area contributed by atoms with Crippen molar-refractivity contribution >= 4 is 15.5 Å². The molecule has 1 aliphatic heterocycles. The molecule has 2 N–H and O–H groups in total. The number of anilines is 1. The highest BCUT2D eigenvalue weighted by molar-refractivity contribution is 7.90. The lowest BCUT2D eigenvalue weighted by atomic mass is 10.1. The van der Waals surface area contributed by atoms with E-state index >= 15 is 0 Å². The molecule has 0 aromatic heterocycles. The molecular formula is C14H22N2O2S. The molecule has 0 bridgehead atoms. The van der Waals surface area contributed by atoms with Crippen LogP contribution in [0.1, 0.15) is 24.8 Å². The van der Waals surface area contributed by atoms with Gasteiger partial charge in [0.05, 0.1) is 10.6 Å². The van der Waals surface area contributed by atoms with Crippen molar-refractivity contribution in [2.24, 2.45) is 0 Å². The number of likely N-dealkylation sites (tertiary alicyclic amines) is 1. The molecule has 0 unspecified atom stereocenters. The summed E-state index contributed by atoms with van der Waals surface area (Å²) in [4.78, 5) is 2.69. The van der Waals surface area contributed by atoms with Gasteiger partial charge >= 0.3 is 0 Å². The molecule has 2 rings (SSSR count). The molecular weight excluding hydrogens is 260 g/mol. The third-order valence-electron chi connectivity index (χ3n) is 3.64. The largest absolute Gasteiger partial charge is 0.398 e. The minimum absolute atomic E-state index is 0.231. The summed E-state index contributed by atoms with van der Waals surface area (Å²) in [5, 5.41) is 0. The van der Waals surface area contributed by atoms with Crippen molar-refractivity contribution in [2.75, 3.05) is 31.6 Å². The van der Waals surface area contributed by atoms with E-state index in [0.29, 0.717) is 5.69 Å². The third-order valence-corrected chi connectivity index (χ3v) is 4.81. The van der Waals surface area contributed by atoms with E-state index in [0.717, 1.165) is 18.5 Å². The van der Waals surface area contributed by atoms with Crippen LogP contribution in [0.3, 0.4) is 0 Å². The first-order valence-corrected chi connectivity index (χ1v) is 8.67. The standard InChI is InChI=1S/C14H22N2O2S/c1-19(17,18)14-6-5-12(11-13(14)15)7-10-16-8-3-2-4-9-16/h5-6,11H,2-4,7-10,15H2,1H3. The molecule has 0 amide bonds. The smallest absolute Gasteiger partial charge is 0.177 e. The first-order chi connectivity index (χ1) is 8.97. The van der Waals surface area contributed by atoms with Crippen LogP contribution in [0.2, 0.25) is 0 Å². The van der Waals surface area contributed by atoms with E-state index in [2.05, 4.69) is 4.90 Å². The van der Waals surface area contributed by atoms with Gasteiger partial charge in [0.2, 0.25) is 0 Å². The lowest BCUT2D eigenvalue weighted by Crippen LogP contribution is -2.31. The Bertz CT molecular complexity index is 534. The Morgan fingerprint density at radius 2 is 1.89 bits per heavy atom. The molecule has 0 radical (unpaired) electrons. The van der Waals surface area contributed by atoms with E-state index in [9.17, 15) is 8.42 Å². The summed E-state index contributed by atoms with van der Waals surface area (Å²) in [5.74, 6) is 0. The molecule has 1 heterocycles. The number of sulfone groups is 1. The zero-order valence-electron chi connectivity index (χ0n) is 11.4. The second kappa shape index (κ2) is 5.92. The Hall–Kier alpha value is -1.07. The molecule has 0 atom stereocenters. The van der Waals surface area contributed by atoms with Crippen molar-refractivity contribution in [3.8, 4) is 0 Å². The van der Waals surface area contributed by atoms with Crippen LogP contribution in [0.4, 0.5) is 5.69 Å². The van der Waals surface area contributed by atoms with Gasteiger partial charge in [-0.05, 0) is 50.0 Å². The van der Waals surface area contributed by atoms with Crippen LogP contribution in [-0.2, 0) is 16.3 Å². The van der Waals surface area contributed by atoms with Gasteiger partial charge in [0.25, 0.3) is 0 Å². The maximum absolute atomic E-state index is 11.5. The predicted molar refractivity (Wildman–Crippen MR) is 78.0 cm³/mol. The van der Waals surface area contributed by atoms with Crippen LogP contribution in [0.5, 0.6) is 0 Å². The fourth-order valence-corrected chi connectivity index (χ4v) is 3.36. The Kier molecular flexibility index (Phi) is 4.47. The molecule has 0 spiro atoms. The maximum atomic E-state index is 11.5. The van der Waals surface area contributed by atoms with E-state index in [-0.39, 0.29) is 4.90 Å². The molecule has 5 heteroatoms. The van der Waals surface area contributed by atoms with Crippen molar-refractivity contribution in [1.82, 2.24) is 4.90 Å². The number of hydrogen-bond acceptors (Lipinski definition) is 4. The fraction of sp³-hybridized carbons (Fsp3) is 0.571. The van der Waals surface area contributed by atoms with E-state index in [1.807, 2.05) is 6.07 Å². The summed E-state index contributed by atoms with van der Waals surface area (Å²) in [5.41, 5.74) is 7.29. The van der Waals surface area contributed by atoms with Gasteiger partial charge in [-0.3, -0.25) is 0 Å². The molecule has 1 saturated heterocycles. The first-order valence-electron chi connectivity index (χ1n) is 6.77. The van der Waals surface area contributed by atoms with Gasteiger partial charge in [0, 0.05) is 12.8 Å². The highest BCUT2D eigenvalue weighted by atomic mass is 32.2. The normalized spacial score (nSPS) is 17.5. The first kappa shape index (κ1) is 14.3. The fourth-order valence-electron chi connectivity index (χ4n) is 2.56.